The molecule has 0 aliphatic heterocycles. The van der Waals surface area contributed by atoms with Gasteiger partial charge >= 0.3 is 0 Å². The zero-order valence-corrected chi connectivity index (χ0v) is 10.6. The SMILES string of the molecule is CCCCCC(C)NCc1cc(F)ccc1F. The van der Waals surface area contributed by atoms with Crippen molar-refractivity contribution in [3.63, 3.8) is 0 Å². The smallest absolute Gasteiger partial charge is 0.127 e. The summed E-state index contributed by atoms with van der Waals surface area (Å²) in [5.41, 5.74) is 0.396. The first-order valence-corrected chi connectivity index (χ1v) is 6.30. The number of benzene rings is 1. The molecule has 0 saturated heterocycles. The van der Waals surface area contributed by atoms with Crippen molar-refractivity contribution in [1.29, 1.82) is 0 Å². The highest BCUT2D eigenvalue weighted by Gasteiger charge is 2.06. The molecule has 0 radical (unpaired) electrons. The van der Waals surface area contributed by atoms with Gasteiger partial charge < -0.3 is 5.32 Å². The fourth-order valence-corrected chi connectivity index (χ4v) is 1.77. The van der Waals surface area contributed by atoms with Crippen molar-refractivity contribution in [2.75, 3.05) is 0 Å². The highest BCUT2D eigenvalue weighted by molar-refractivity contribution is 5.18. The summed E-state index contributed by atoms with van der Waals surface area (Å²) >= 11 is 0. The first-order valence-electron chi connectivity index (χ1n) is 6.30. The molecule has 1 N–H and O–H groups in total. The van der Waals surface area contributed by atoms with Gasteiger partial charge in [0.2, 0.25) is 0 Å². The summed E-state index contributed by atoms with van der Waals surface area (Å²) < 4.78 is 26.2. The largest absolute Gasteiger partial charge is 0.310 e. The van der Waals surface area contributed by atoms with E-state index in [4.69, 9.17) is 0 Å². The summed E-state index contributed by atoms with van der Waals surface area (Å²) in [5, 5.41) is 3.22. The van der Waals surface area contributed by atoms with Gasteiger partial charge in [0.05, 0.1) is 0 Å². The summed E-state index contributed by atoms with van der Waals surface area (Å²) in [7, 11) is 0. The van der Waals surface area contributed by atoms with Gasteiger partial charge in [-0.05, 0) is 31.5 Å². The van der Waals surface area contributed by atoms with Crippen LogP contribution in [-0.4, -0.2) is 6.04 Å². The Kier molecular flexibility index (Phi) is 6.12. The first-order chi connectivity index (χ1) is 8.13. The van der Waals surface area contributed by atoms with Crippen LogP contribution in [0.3, 0.4) is 0 Å². The van der Waals surface area contributed by atoms with Crippen LogP contribution in [0, 0.1) is 11.6 Å². The van der Waals surface area contributed by atoms with Crippen molar-refractivity contribution in [2.45, 2.75) is 52.1 Å². The first kappa shape index (κ1) is 14.1. The Morgan fingerprint density at radius 2 is 2.00 bits per heavy atom. The van der Waals surface area contributed by atoms with Crippen LogP contribution in [0.2, 0.25) is 0 Å². The number of hydrogen-bond acceptors (Lipinski definition) is 1. The molecule has 1 nitrogen and oxygen atoms in total. The van der Waals surface area contributed by atoms with Gasteiger partial charge in [-0.15, -0.1) is 0 Å². The Balaban J connectivity index is 2.36. The number of nitrogens with one attached hydrogen (secondary N) is 1. The fourth-order valence-electron chi connectivity index (χ4n) is 1.77. The van der Waals surface area contributed by atoms with Crippen LogP contribution in [0.4, 0.5) is 8.78 Å². The van der Waals surface area contributed by atoms with Gasteiger partial charge in [-0.2, -0.15) is 0 Å². The third kappa shape index (κ3) is 5.26. The lowest BCUT2D eigenvalue weighted by Gasteiger charge is -2.13. The van der Waals surface area contributed by atoms with Crippen LogP contribution in [0.25, 0.3) is 0 Å². The average Bonchev–Trinajstić information content (AvgIpc) is 2.31. The van der Waals surface area contributed by atoms with Gasteiger partial charge in [-0.1, -0.05) is 26.2 Å². The minimum absolute atomic E-state index is 0.337. The van der Waals surface area contributed by atoms with E-state index in [1.165, 1.54) is 31.4 Å². The van der Waals surface area contributed by atoms with E-state index in [0.29, 0.717) is 18.2 Å². The van der Waals surface area contributed by atoms with Gasteiger partial charge in [0.25, 0.3) is 0 Å². The van der Waals surface area contributed by atoms with Gasteiger partial charge in [0.15, 0.2) is 0 Å². The minimum Gasteiger partial charge on any atom is -0.310 e. The molecule has 0 heterocycles. The molecule has 96 valence electrons. The number of rotatable bonds is 7. The van der Waals surface area contributed by atoms with Crippen LogP contribution >= 0.6 is 0 Å². The molecule has 3 heteroatoms. The van der Waals surface area contributed by atoms with Crippen molar-refractivity contribution >= 4 is 0 Å². The van der Waals surface area contributed by atoms with E-state index in [9.17, 15) is 8.78 Å². The maximum atomic E-state index is 13.3. The van der Waals surface area contributed by atoms with Gasteiger partial charge in [0.1, 0.15) is 11.6 Å². The van der Waals surface area contributed by atoms with Crippen LogP contribution in [0.1, 0.15) is 45.1 Å². The van der Waals surface area contributed by atoms with Crippen molar-refractivity contribution in [2.24, 2.45) is 0 Å². The number of halogens is 2. The maximum Gasteiger partial charge on any atom is 0.127 e. The molecular weight excluding hydrogens is 220 g/mol. The molecule has 0 aromatic heterocycles. The van der Waals surface area contributed by atoms with Crippen molar-refractivity contribution in [3.05, 3.63) is 35.4 Å². The quantitative estimate of drug-likeness (QED) is 0.711. The Morgan fingerprint density at radius 1 is 1.24 bits per heavy atom. The van der Waals surface area contributed by atoms with Crippen LogP contribution in [-0.2, 0) is 6.54 Å². The standard InChI is InChI=1S/C14H21F2N/c1-3-4-5-6-11(2)17-10-12-9-13(15)7-8-14(12)16/h7-9,11,17H,3-6,10H2,1-2H3. The zero-order valence-electron chi connectivity index (χ0n) is 10.6. The second-order valence-electron chi connectivity index (χ2n) is 4.51. The topological polar surface area (TPSA) is 12.0 Å². The van der Waals surface area contributed by atoms with Crippen LogP contribution < -0.4 is 5.32 Å². The summed E-state index contributed by atoms with van der Waals surface area (Å²) in [6, 6.07) is 3.91. The second kappa shape index (κ2) is 7.38. The van der Waals surface area contributed by atoms with E-state index >= 15 is 0 Å². The molecule has 17 heavy (non-hydrogen) atoms. The van der Waals surface area contributed by atoms with Crippen molar-refractivity contribution < 1.29 is 8.78 Å². The highest BCUT2D eigenvalue weighted by Crippen LogP contribution is 2.10. The molecule has 0 amide bonds. The van der Waals surface area contributed by atoms with Crippen molar-refractivity contribution in [3.8, 4) is 0 Å². The van der Waals surface area contributed by atoms with Crippen LogP contribution in [0.15, 0.2) is 18.2 Å². The predicted molar refractivity (Wildman–Crippen MR) is 66.8 cm³/mol. The molecule has 1 aromatic rings. The molecule has 0 saturated carbocycles. The maximum absolute atomic E-state index is 13.3. The van der Waals surface area contributed by atoms with Gasteiger partial charge in [-0.3, -0.25) is 0 Å². The highest BCUT2D eigenvalue weighted by atomic mass is 19.1. The van der Waals surface area contributed by atoms with Gasteiger partial charge in [-0.25, -0.2) is 8.78 Å². The summed E-state index contributed by atoms with van der Waals surface area (Å²) in [6.45, 7) is 4.63. The predicted octanol–water partition coefficient (Wildman–Crippen LogP) is 4.02. The summed E-state index contributed by atoms with van der Waals surface area (Å²) in [4.78, 5) is 0. The molecule has 1 rings (SSSR count). The average molecular weight is 241 g/mol. The Labute approximate surface area is 102 Å². The monoisotopic (exact) mass is 241 g/mol. The molecule has 0 fully saturated rings. The normalized spacial score (nSPS) is 12.7. The molecule has 0 aliphatic carbocycles. The molecule has 0 aliphatic rings. The van der Waals surface area contributed by atoms with E-state index in [2.05, 4.69) is 19.2 Å². The van der Waals surface area contributed by atoms with E-state index < -0.39 is 0 Å². The van der Waals surface area contributed by atoms with E-state index in [0.717, 1.165) is 12.5 Å². The zero-order chi connectivity index (χ0) is 12.7. The molecule has 1 unspecified atom stereocenters. The Bertz CT molecular complexity index is 339. The summed E-state index contributed by atoms with van der Waals surface area (Å²) in [6.07, 6.45) is 4.67. The number of hydrogen-bond donors (Lipinski definition) is 1. The Hall–Kier alpha value is -0.960. The third-order valence-electron chi connectivity index (χ3n) is 2.89. The fraction of sp³-hybridized carbons (Fsp3) is 0.571. The van der Waals surface area contributed by atoms with E-state index in [1.54, 1.807) is 0 Å². The lowest BCUT2D eigenvalue weighted by atomic mass is 10.1. The third-order valence-corrected chi connectivity index (χ3v) is 2.89. The Morgan fingerprint density at radius 3 is 2.71 bits per heavy atom. The minimum atomic E-state index is -0.387. The molecular formula is C14H21F2N. The van der Waals surface area contributed by atoms with E-state index in [1.807, 2.05) is 0 Å². The molecule has 1 atom stereocenters. The molecule has 0 bridgehead atoms. The summed E-state index contributed by atoms with van der Waals surface area (Å²) in [5.74, 6) is -0.735. The second-order valence-corrected chi connectivity index (χ2v) is 4.51. The van der Waals surface area contributed by atoms with Crippen LogP contribution in [0.5, 0.6) is 0 Å². The molecule has 1 aromatic carbocycles. The molecule has 0 spiro atoms. The number of unbranched alkanes of at least 4 members (excludes halogenated alkanes) is 2. The lowest BCUT2D eigenvalue weighted by Crippen LogP contribution is -2.25. The lowest BCUT2D eigenvalue weighted by molar-refractivity contribution is 0.477. The van der Waals surface area contributed by atoms with Crippen molar-refractivity contribution in [1.82, 2.24) is 5.32 Å². The van der Waals surface area contributed by atoms with Gasteiger partial charge in [0, 0.05) is 18.2 Å². The van der Waals surface area contributed by atoms with E-state index in [-0.39, 0.29) is 11.6 Å².